The first-order valence-electron chi connectivity index (χ1n) is 7.92. The van der Waals surface area contributed by atoms with Gasteiger partial charge in [0.15, 0.2) is 17.2 Å². The minimum atomic E-state index is -0.577. The molecule has 0 fully saturated rings. The van der Waals surface area contributed by atoms with Gasteiger partial charge in [-0.2, -0.15) is 0 Å². The predicted molar refractivity (Wildman–Crippen MR) is 106 cm³/mol. The molecule has 0 N–H and O–H groups in total. The minimum Gasteiger partial charge on any atom is -0.493 e. The van der Waals surface area contributed by atoms with Crippen LogP contribution in [-0.2, 0) is 9.53 Å². The van der Waals surface area contributed by atoms with Crippen LogP contribution in [0.4, 0.5) is 0 Å². The predicted octanol–water partition coefficient (Wildman–Crippen LogP) is 4.91. The van der Waals surface area contributed by atoms with Gasteiger partial charge in [0.1, 0.15) is 6.61 Å². The van der Waals surface area contributed by atoms with Gasteiger partial charge >= 0.3 is 5.97 Å². The van der Waals surface area contributed by atoms with E-state index < -0.39 is 5.97 Å². The molecule has 1 aliphatic heterocycles. The van der Waals surface area contributed by atoms with E-state index >= 15 is 0 Å². The minimum absolute atomic E-state index is 0.128. The van der Waals surface area contributed by atoms with Crippen LogP contribution in [-0.4, -0.2) is 25.6 Å². The number of rotatable bonds is 6. The van der Waals surface area contributed by atoms with Crippen molar-refractivity contribution in [3.63, 3.8) is 0 Å². The maximum atomic E-state index is 12.2. The molecule has 0 atom stereocenters. The Balaban J connectivity index is 1.96. The average molecular weight is 404 g/mol. The fourth-order valence-electron chi connectivity index (χ4n) is 2.42. The summed E-state index contributed by atoms with van der Waals surface area (Å²) in [5, 5.41) is 0.781. The van der Waals surface area contributed by atoms with Crippen LogP contribution >= 0.6 is 23.2 Å². The van der Waals surface area contributed by atoms with Crippen LogP contribution in [0.1, 0.15) is 11.1 Å². The van der Waals surface area contributed by atoms with Crippen LogP contribution in [0.15, 0.2) is 59.7 Å². The van der Waals surface area contributed by atoms with Crippen LogP contribution in [0, 0.1) is 0 Å². The lowest BCUT2D eigenvalue weighted by Crippen LogP contribution is -2.05. The molecule has 3 rings (SSSR count). The highest BCUT2D eigenvalue weighted by Crippen LogP contribution is 2.37. The second-order valence-electron chi connectivity index (χ2n) is 5.45. The van der Waals surface area contributed by atoms with Gasteiger partial charge in [0.2, 0.25) is 5.90 Å². The van der Waals surface area contributed by atoms with Gasteiger partial charge in [0.25, 0.3) is 0 Å². The summed E-state index contributed by atoms with van der Waals surface area (Å²) in [6.07, 6.45) is 3.16. The van der Waals surface area contributed by atoms with Crippen LogP contribution < -0.4 is 9.47 Å². The highest BCUT2D eigenvalue weighted by Gasteiger charge is 2.25. The lowest BCUT2D eigenvalue weighted by molar-refractivity contribution is -0.129. The molecule has 1 aliphatic rings. The summed E-state index contributed by atoms with van der Waals surface area (Å²) >= 11 is 12.4. The number of nitrogens with zero attached hydrogens (tertiary/aromatic N) is 1. The monoisotopic (exact) mass is 403 g/mol. The SMILES string of the molecule is C=CCOc1c(Cl)cc(C=C2N=C(c3ccccc3Cl)OC2=O)cc1OC. The van der Waals surface area contributed by atoms with E-state index in [2.05, 4.69) is 11.6 Å². The van der Waals surface area contributed by atoms with Gasteiger partial charge < -0.3 is 14.2 Å². The molecule has 7 heteroatoms. The Kier molecular flexibility index (Phi) is 5.84. The molecule has 0 amide bonds. The van der Waals surface area contributed by atoms with Gasteiger partial charge in [0, 0.05) is 0 Å². The molecular formula is C20H15Cl2NO4. The number of carbonyl (C=O) groups excluding carboxylic acids is 1. The van der Waals surface area contributed by atoms with Gasteiger partial charge in [-0.05, 0) is 35.9 Å². The molecule has 0 saturated carbocycles. The van der Waals surface area contributed by atoms with Crippen molar-refractivity contribution < 1.29 is 19.0 Å². The number of esters is 1. The summed E-state index contributed by atoms with van der Waals surface area (Å²) in [6.45, 7) is 3.89. The van der Waals surface area contributed by atoms with E-state index in [1.165, 1.54) is 7.11 Å². The highest BCUT2D eigenvalue weighted by molar-refractivity contribution is 6.34. The molecule has 27 heavy (non-hydrogen) atoms. The third-order valence-corrected chi connectivity index (χ3v) is 4.24. The number of carbonyl (C=O) groups is 1. The standard InChI is InChI=1S/C20H15Cl2NO4/c1-3-8-26-18-15(22)9-12(11-17(18)25-2)10-16-20(24)27-19(23-16)13-6-4-5-7-14(13)21/h3-7,9-11H,1,8H2,2H3. The zero-order valence-electron chi connectivity index (χ0n) is 14.4. The molecule has 2 aromatic carbocycles. The highest BCUT2D eigenvalue weighted by atomic mass is 35.5. The van der Waals surface area contributed by atoms with Gasteiger partial charge in [-0.25, -0.2) is 9.79 Å². The smallest absolute Gasteiger partial charge is 0.363 e. The van der Waals surface area contributed by atoms with Gasteiger partial charge in [-0.15, -0.1) is 0 Å². The van der Waals surface area contributed by atoms with Crippen molar-refractivity contribution in [1.82, 2.24) is 0 Å². The van der Waals surface area contributed by atoms with E-state index in [9.17, 15) is 4.79 Å². The molecule has 0 radical (unpaired) electrons. The number of aliphatic imine (C=N–C) groups is 1. The first kappa shape index (κ1) is 19.0. The van der Waals surface area contributed by atoms with Crippen molar-refractivity contribution in [3.8, 4) is 11.5 Å². The summed E-state index contributed by atoms with van der Waals surface area (Å²) in [4.78, 5) is 16.4. The van der Waals surface area contributed by atoms with Gasteiger partial charge in [0.05, 0.1) is 22.7 Å². The first-order chi connectivity index (χ1) is 13.0. The van der Waals surface area contributed by atoms with E-state index in [1.54, 1.807) is 48.6 Å². The third kappa shape index (κ3) is 4.15. The maximum Gasteiger partial charge on any atom is 0.363 e. The Labute approximate surface area is 166 Å². The number of halogens is 2. The topological polar surface area (TPSA) is 57.1 Å². The number of hydrogen-bond acceptors (Lipinski definition) is 5. The summed E-state index contributed by atoms with van der Waals surface area (Å²) in [7, 11) is 1.50. The fourth-order valence-corrected chi connectivity index (χ4v) is 2.91. The lowest BCUT2D eigenvalue weighted by Gasteiger charge is -2.12. The first-order valence-corrected chi connectivity index (χ1v) is 8.67. The summed E-state index contributed by atoms with van der Waals surface area (Å²) in [5.74, 6) is 0.404. The van der Waals surface area contributed by atoms with Crippen molar-refractivity contribution >= 4 is 41.1 Å². The molecule has 1 heterocycles. The average Bonchev–Trinajstić information content (AvgIpc) is 3.01. The molecule has 0 spiro atoms. The van der Waals surface area contributed by atoms with Crippen molar-refractivity contribution in [2.75, 3.05) is 13.7 Å². The van der Waals surface area contributed by atoms with E-state index in [1.807, 2.05) is 0 Å². The number of ether oxygens (including phenoxy) is 3. The van der Waals surface area contributed by atoms with Gasteiger partial charge in [-0.3, -0.25) is 0 Å². The molecular weight excluding hydrogens is 389 g/mol. The van der Waals surface area contributed by atoms with Crippen molar-refractivity contribution in [3.05, 3.63) is 75.9 Å². The van der Waals surface area contributed by atoms with Crippen LogP contribution in [0.25, 0.3) is 6.08 Å². The molecule has 2 aromatic rings. The number of benzene rings is 2. The maximum absolute atomic E-state index is 12.2. The third-order valence-electron chi connectivity index (χ3n) is 3.63. The fraction of sp³-hybridized carbons (Fsp3) is 0.100. The lowest BCUT2D eigenvalue weighted by atomic mass is 10.1. The van der Waals surface area contributed by atoms with E-state index in [4.69, 9.17) is 37.4 Å². The zero-order chi connectivity index (χ0) is 19.4. The van der Waals surface area contributed by atoms with Crippen molar-refractivity contribution in [2.45, 2.75) is 0 Å². The molecule has 5 nitrogen and oxygen atoms in total. The number of cyclic esters (lactones) is 1. The van der Waals surface area contributed by atoms with Crippen molar-refractivity contribution in [2.24, 2.45) is 4.99 Å². The summed E-state index contributed by atoms with van der Waals surface area (Å²) < 4.78 is 16.1. The molecule has 0 bridgehead atoms. The Morgan fingerprint density at radius 3 is 2.70 bits per heavy atom. The molecule has 0 unspecified atom stereocenters. The van der Waals surface area contributed by atoms with Crippen LogP contribution in [0.5, 0.6) is 11.5 Å². The second kappa shape index (κ2) is 8.29. The van der Waals surface area contributed by atoms with Crippen molar-refractivity contribution in [1.29, 1.82) is 0 Å². The summed E-state index contributed by atoms with van der Waals surface area (Å²) in [5.41, 5.74) is 1.28. The molecule has 138 valence electrons. The Hall–Kier alpha value is -2.76. The largest absolute Gasteiger partial charge is 0.493 e. The number of methoxy groups -OCH3 is 1. The number of hydrogen-bond donors (Lipinski definition) is 0. The van der Waals surface area contributed by atoms with E-state index in [-0.39, 0.29) is 18.2 Å². The normalized spacial score (nSPS) is 14.7. The summed E-state index contributed by atoms with van der Waals surface area (Å²) in [6, 6.07) is 10.3. The molecule has 0 aromatic heterocycles. The molecule has 0 aliphatic carbocycles. The van der Waals surface area contributed by atoms with E-state index in [0.29, 0.717) is 32.7 Å². The van der Waals surface area contributed by atoms with Crippen LogP contribution in [0.2, 0.25) is 10.0 Å². The van der Waals surface area contributed by atoms with E-state index in [0.717, 1.165) is 0 Å². The Morgan fingerprint density at radius 2 is 2.00 bits per heavy atom. The molecule has 0 saturated heterocycles. The quantitative estimate of drug-likeness (QED) is 0.390. The zero-order valence-corrected chi connectivity index (χ0v) is 15.9. The Morgan fingerprint density at radius 1 is 1.22 bits per heavy atom. The van der Waals surface area contributed by atoms with Gasteiger partial charge in [-0.1, -0.05) is 48.0 Å². The Bertz CT molecular complexity index is 966. The van der Waals surface area contributed by atoms with Crippen LogP contribution in [0.3, 0.4) is 0 Å². The second-order valence-corrected chi connectivity index (χ2v) is 6.26.